The van der Waals surface area contributed by atoms with E-state index in [0.29, 0.717) is 13.2 Å². The number of amides is 1. The predicted octanol–water partition coefficient (Wildman–Crippen LogP) is 0.485. The second-order valence-electron chi connectivity index (χ2n) is 3.31. The molecule has 1 aliphatic rings. The smallest absolute Gasteiger partial charge is 0.410 e. The maximum atomic E-state index is 11.6. The van der Waals surface area contributed by atoms with Gasteiger partial charge in [-0.15, -0.1) is 0 Å². The van der Waals surface area contributed by atoms with Crippen LogP contribution in [-0.4, -0.2) is 54.5 Å². The molecule has 1 N–H and O–H groups in total. The van der Waals surface area contributed by atoms with Gasteiger partial charge in [-0.2, -0.15) is 0 Å². The maximum absolute atomic E-state index is 11.6. The zero-order chi connectivity index (χ0) is 12.0. The first-order valence-corrected chi connectivity index (χ1v) is 5.01. The van der Waals surface area contributed by atoms with Crippen molar-refractivity contribution in [2.24, 2.45) is 0 Å². The number of ether oxygens (including phenoxy) is 2. The molecule has 90 valence electrons. The van der Waals surface area contributed by atoms with Crippen molar-refractivity contribution in [3.05, 3.63) is 12.7 Å². The Kier molecular flexibility index (Phi) is 4.78. The Labute approximate surface area is 93.4 Å². The van der Waals surface area contributed by atoms with Gasteiger partial charge in [-0.3, -0.25) is 4.90 Å². The Morgan fingerprint density at radius 1 is 1.56 bits per heavy atom. The van der Waals surface area contributed by atoms with Crippen LogP contribution in [0, 0.1) is 0 Å². The summed E-state index contributed by atoms with van der Waals surface area (Å²) >= 11 is 0. The lowest BCUT2D eigenvalue weighted by Gasteiger charge is -2.24. The van der Waals surface area contributed by atoms with E-state index in [1.54, 1.807) is 0 Å². The number of hydrogen-bond donors (Lipinski definition) is 1. The number of rotatable bonds is 3. The molecule has 0 aromatic carbocycles. The lowest BCUT2D eigenvalue weighted by molar-refractivity contribution is -0.142. The topological polar surface area (TPSA) is 76.1 Å². The summed E-state index contributed by atoms with van der Waals surface area (Å²) < 4.78 is 9.94. The lowest BCUT2D eigenvalue weighted by Crippen LogP contribution is -2.45. The second-order valence-corrected chi connectivity index (χ2v) is 3.31. The van der Waals surface area contributed by atoms with E-state index in [1.165, 1.54) is 11.0 Å². The molecular weight excluding hydrogens is 214 g/mol. The molecule has 1 amide bonds. The van der Waals surface area contributed by atoms with E-state index in [1.807, 2.05) is 0 Å². The third-order valence-electron chi connectivity index (χ3n) is 2.23. The van der Waals surface area contributed by atoms with E-state index in [0.717, 1.165) is 0 Å². The molecular formula is C10H15NO5. The molecule has 0 spiro atoms. The molecule has 0 aromatic rings. The van der Waals surface area contributed by atoms with Crippen LogP contribution in [-0.2, 0) is 14.3 Å². The molecule has 1 atom stereocenters. The molecule has 1 unspecified atom stereocenters. The molecule has 0 saturated carbocycles. The van der Waals surface area contributed by atoms with E-state index in [2.05, 4.69) is 6.58 Å². The summed E-state index contributed by atoms with van der Waals surface area (Å²) in [7, 11) is 0. The van der Waals surface area contributed by atoms with Crippen molar-refractivity contribution < 1.29 is 24.2 Å². The summed E-state index contributed by atoms with van der Waals surface area (Å²) in [5, 5.41) is 8.98. The molecule has 1 fully saturated rings. The quantitative estimate of drug-likeness (QED) is 0.712. The number of carboxylic acids is 1. The monoisotopic (exact) mass is 229 g/mol. The normalized spacial score (nSPS) is 21.0. The average molecular weight is 229 g/mol. The Balaban J connectivity index is 2.66. The van der Waals surface area contributed by atoms with Crippen molar-refractivity contribution in [1.29, 1.82) is 0 Å². The van der Waals surface area contributed by atoms with Crippen LogP contribution in [0.3, 0.4) is 0 Å². The molecule has 0 bridgehead atoms. The molecule has 16 heavy (non-hydrogen) atoms. The molecule has 0 aromatic heterocycles. The van der Waals surface area contributed by atoms with Crippen molar-refractivity contribution in [3.8, 4) is 0 Å². The summed E-state index contributed by atoms with van der Waals surface area (Å²) in [5.74, 6) is -1.04. The largest absolute Gasteiger partial charge is 0.480 e. The highest BCUT2D eigenvalue weighted by Gasteiger charge is 2.31. The molecule has 6 nitrogen and oxygen atoms in total. The molecule has 1 heterocycles. The van der Waals surface area contributed by atoms with E-state index < -0.39 is 18.1 Å². The van der Waals surface area contributed by atoms with Crippen molar-refractivity contribution in [3.63, 3.8) is 0 Å². The van der Waals surface area contributed by atoms with Crippen LogP contribution >= 0.6 is 0 Å². The third kappa shape index (κ3) is 3.23. The van der Waals surface area contributed by atoms with Gasteiger partial charge in [-0.1, -0.05) is 12.7 Å². The van der Waals surface area contributed by atoms with E-state index in [-0.39, 0.29) is 19.6 Å². The maximum Gasteiger partial charge on any atom is 0.410 e. The van der Waals surface area contributed by atoms with Gasteiger partial charge < -0.3 is 14.6 Å². The summed E-state index contributed by atoms with van der Waals surface area (Å²) in [4.78, 5) is 23.7. The Morgan fingerprint density at radius 3 is 2.94 bits per heavy atom. The summed E-state index contributed by atoms with van der Waals surface area (Å²) in [5.41, 5.74) is 0. The van der Waals surface area contributed by atoms with Gasteiger partial charge in [0.2, 0.25) is 0 Å². The highest BCUT2D eigenvalue weighted by molar-refractivity contribution is 5.80. The predicted molar refractivity (Wildman–Crippen MR) is 55.1 cm³/mol. The van der Waals surface area contributed by atoms with Crippen LogP contribution in [0.15, 0.2) is 12.7 Å². The minimum atomic E-state index is -1.04. The van der Waals surface area contributed by atoms with Crippen molar-refractivity contribution in [1.82, 2.24) is 4.90 Å². The van der Waals surface area contributed by atoms with Gasteiger partial charge in [-0.25, -0.2) is 9.59 Å². The van der Waals surface area contributed by atoms with Crippen LogP contribution in [0.2, 0.25) is 0 Å². The molecule has 1 saturated heterocycles. The number of carbonyl (C=O) groups excluding carboxylic acids is 1. The van der Waals surface area contributed by atoms with Gasteiger partial charge in [0.05, 0.1) is 6.61 Å². The van der Waals surface area contributed by atoms with Gasteiger partial charge in [0, 0.05) is 19.6 Å². The van der Waals surface area contributed by atoms with Crippen LogP contribution in [0.5, 0.6) is 0 Å². The molecule has 0 aliphatic carbocycles. The van der Waals surface area contributed by atoms with E-state index in [4.69, 9.17) is 14.6 Å². The van der Waals surface area contributed by atoms with E-state index in [9.17, 15) is 9.59 Å². The fourth-order valence-corrected chi connectivity index (χ4v) is 1.46. The van der Waals surface area contributed by atoms with Crippen LogP contribution < -0.4 is 0 Å². The van der Waals surface area contributed by atoms with Crippen LogP contribution in [0.25, 0.3) is 0 Å². The molecule has 1 rings (SSSR count). The first-order chi connectivity index (χ1) is 7.66. The Bertz CT molecular complexity index is 278. The number of hydrogen-bond acceptors (Lipinski definition) is 4. The number of carboxylic acid groups (broad SMARTS) is 1. The Morgan fingerprint density at radius 2 is 2.31 bits per heavy atom. The highest BCUT2D eigenvalue weighted by Crippen LogP contribution is 2.11. The molecule has 0 radical (unpaired) electrons. The highest BCUT2D eigenvalue weighted by atomic mass is 16.6. The minimum absolute atomic E-state index is 0.0720. The SMILES string of the molecule is C=CCOC(=O)N1CCOCCC1C(=O)O. The van der Waals surface area contributed by atoms with E-state index >= 15 is 0 Å². The first-order valence-electron chi connectivity index (χ1n) is 5.01. The molecule has 1 aliphatic heterocycles. The standard InChI is InChI=1S/C10H15NO5/c1-2-5-16-10(14)11-4-7-15-6-3-8(11)9(12)13/h2,8H,1,3-7H2,(H,12,13). The van der Waals surface area contributed by atoms with Gasteiger partial charge >= 0.3 is 12.1 Å². The lowest BCUT2D eigenvalue weighted by atomic mass is 10.2. The zero-order valence-corrected chi connectivity index (χ0v) is 8.92. The van der Waals surface area contributed by atoms with Crippen molar-refractivity contribution >= 4 is 12.1 Å². The van der Waals surface area contributed by atoms with Gasteiger partial charge in [0.15, 0.2) is 0 Å². The van der Waals surface area contributed by atoms with Crippen molar-refractivity contribution in [2.75, 3.05) is 26.4 Å². The van der Waals surface area contributed by atoms with Gasteiger partial charge in [0.25, 0.3) is 0 Å². The fraction of sp³-hybridized carbons (Fsp3) is 0.600. The average Bonchev–Trinajstić information content (AvgIpc) is 2.50. The van der Waals surface area contributed by atoms with Crippen molar-refractivity contribution in [2.45, 2.75) is 12.5 Å². The number of aliphatic carboxylic acids is 1. The summed E-state index contributed by atoms with van der Waals surface area (Å²) in [6, 6.07) is -0.875. The van der Waals surface area contributed by atoms with Crippen LogP contribution in [0.4, 0.5) is 4.79 Å². The fourth-order valence-electron chi connectivity index (χ4n) is 1.46. The minimum Gasteiger partial charge on any atom is -0.480 e. The first kappa shape index (κ1) is 12.5. The van der Waals surface area contributed by atoms with Gasteiger partial charge in [-0.05, 0) is 0 Å². The van der Waals surface area contributed by atoms with Crippen LogP contribution in [0.1, 0.15) is 6.42 Å². The number of carbonyl (C=O) groups is 2. The Hall–Kier alpha value is -1.56. The zero-order valence-electron chi connectivity index (χ0n) is 8.92. The molecule has 6 heteroatoms. The second kappa shape index (κ2) is 6.12. The summed E-state index contributed by atoms with van der Waals surface area (Å²) in [6.07, 6.45) is 1.07. The number of nitrogens with zero attached hydrogens (tertiary/aromatic N) is 1. The van der Waals surface area contributed by atoms with Gasteiger partial charge in [0.1, 0.15) is 12.6 Å². The third-order valence-corrected chi connectivity index (χ3v) is 2.23. The summed E-state index contributed by atoms with van der Waals surface area (Å²) in [6.45, 7) is 4.38.